The van der Waals surface area contributed by atoms with Gasteiger partial charge in [-0.3, -0.25) is 9.78 Å². The van der Waals surface area contributed by atoms with Crippen LogP contribution in [0.15, 0.2) is 65.8 Å². The summed E-state index contributed by atoms with van der Waals surface area (Å²) >= 11 is 1.20. The minimum atomic E-state index is -2.65. The Labute approximate surface area is 274 Å². The molecule has 2 aliphatic rings. The molecule has 0 amide bonds. The molecule has 12 heteroatoms. The Morgan fingerprint density at radius 3 is 2.51 bits per heavy atom. The summed E-state index contributed by atoms with van der Waals surface area (Å²) in [5.41, 5.74) is 5.73. The molecule has 1 fully saturated rings. The zero-order chi connectivity index (χ0) is 32.7. The van der Waals surface area contributed by atoms with Crippen molar-refractivity contribution in [2.75, 3.05) is 29.4 Å². The van der Waals surface area contributed by atoms with E-state index in [4.69, 9.17) is 5.11 Å². The highest BCUT2D eigenvalue weighted by Crippen LogP contribution is 2.42. The van der Waals surface area contributed by atoms with Crippen molar-refractivity contribution in [1.29, 1.82) is 0 Å². The third kappa shape index (κ3) is 6.21. The summed E-state index contributed by atoms with van der Waals surface area (Å²) in [4.78, 5) is 40.5. The average molecular weight is 657 g/mol. The quantitative estimate of drug-likeness (QED) is 0.190. The van der Waals surface area contributed by atoms with Gasteiger partial charge in [0.15, 0.2) is 0 Å². The molecule has 0 unspecified atom stereocenters. The molecule has 2 aliphatic heterocycles. The lowest BCUT2D eigenvalue weighted by molar-refractivity contribution is 0.0696. The van der Waals surface area contributed by atoms with Gasteiger partial charge in [-0.05, 0) is 92.0 Å². The van der Waals surface area contributed by atoms with Crippen LogP contribution in [-0.4, -0.2) is 50.2 Å². The number of thiazole rings is 1. The van der Waals surface area contributed by atoms with Crippen LogP contribution < -0.4 is 14.7 Å². The summed E-state index contributed by atoms with van der Waals surface area (Å²) in [6.07, 6.45) is 7.17. The maximum absolute atomic E-state index is 14.6. The number of aromatic nitrogens is 4. The van der Waals surface area contributed by atoms with Gasteiger partial charge < -0.3 is 19.5 Å². The van der Waals surface area contributed by atoms with E-state index in [0.29, 0.717) is 29.5 Å². The number of aromatic carboxylic acids is 1. The number of hydrogen-bond acceptors (Lipinski definition) is 8. The topological polar surface area (TPSA) is 104 Å². The predicted molar refractivity (Wildman–Crippen MR) is 179 cm³/mol. The minimum absolute atomic E-state index is 0.0115. The molecular weight excluding hydrogens is 622 g/mol. The van der Waals surface area contributed by atoms with Crippen LogP contribution in [0.4, 0.5) is 26.1 Å². The van der Waals surface area contributed by atoms with Gasteiger partial charge in [-0.15, -0.1) is 0 Å². The number of nitrogens with zero attached hydrogens (tertiary/aromatic N) is 6. The number of rotatable bonds is 8. The molecule has 1 N–H and O–H groups in total. The lowest BCUT2D eigenvalue weighted by Gasteiger charge is -2.33. The van der Waals surface area contributed by atoms with Crippen LogP contribution >= 0.6 is 11.3 Å². The van der Waals surface area contributed by atoms with E-state index in [1.165, 1.54) is 23.7 Å². The zero-order valence-electron chi connectivity index (χ0n) is 25.9. The third-order valence-electron chi connectivity index (χ3n) is 9.42. The molecule has 0 saturated carbocycles. The fourth-order valence-electron chi connectivity index (χ4n) is 6.73. The molecule has 5 aromatic rings. The van der Waals surface area contributed by atoms with Crippen molar-refractivity contribution in [3.63, 3.8) is 0 Å². The number of hydrogen-bond donors (Lipinski definition) is 1. The van der Waals surface area contributed by atoms with Crippen molar-refractivity contribution < 1.29 is 18.7 Å². The molecule has 0 atom stereocenters. The van der Waals surface area contributed by atoms with E-state index in [1.807, 2.05) is 36.4 Å². The van der Waals surface area contributed by atoms with E-state index >= 15 is 0 Å². The SMILES string of the molecule is Cn1c(=O)sc2ccc(N3CCCc4cc(-c5ccc(CCC6CCN(c7ncc(C(=O)O)cn7)CC6)nc5)c(C(F)F)cc43)cc21. The Morgan fingerprint density at radius 2 is 1.81 bits per heavy atom. The fraction of sp³-hybridized carbons (Fsp3) is 0.343. The summed E-state index contributed by atoms with van der Waals surface area (Å²) in [7, 11) is 1.75. The number of aryl methyl sites for hydroxylation is 3. The number of fused-ring (bicyclic) bond motifs is 2. The van der Waals surface area contributed by atoms with Crippen molar-refractivity contribution in [1.82, 2.24) is 19.5 Å². The Balaban J connectivity index is 1.04. The van der Waals surface area contributed by atoms with Crippen molar-refractivity contribution in [3.05, 3.63) is 93.1 Å². The minimum Gasteiger partial charge on any atom is -0.478 e. The maximum atomic E-state index is 14.6. The van der Waals surface area contributed by atoms with Crippen LogP contribution in [0.25, 0.3) is 21.3 Å². The first-order chi connectivity index (χ1) is 22.7. The van der Waals surface area contributed by atoms with Gasteiger partial charge >= 0.3 is 10.8 Å². The Hall–Kier alpha value is -4.71. The van der Waals surface area contributed by atoms with Gasteiger partial charge in [-0.2, -0.15) is 0 Å². The second-order valence-corrected chi connectivity index (χ2v) is 13.3. The van der Waals surface area contributed by atoms with Gasteiger partial charge in [0.2, 0.25) is 5.95 Å². The van der Waals surface area contributed by atoms with Crippen molar-refractivity contribution in [3.8, 4) is 11.1 Å². The van der Waals surface area contributed by atoms with E-state index in [9.17, 15) is 18.4 Å². The molecule has 1 saturated heterocycles. The van der Waals surface area contributed by atoms with E-state index in [-0.39, 0.29) is 16.0 Å². The number of carbonyl (C=O) groups is 1. The van der Waals surface area contributed by atoms with E-state index < -0.39 is 12.4 Å². The highest BCUT2D eigenvalue weighted by molar-refractivity contribution is 7.16. The second kappa shape index (κ2) is 12.8. The molecule has 9 nitrogen and oxygen atoms in total. The highest BCUT2D eigenvalue weighted by Gasteiger charge is 2.25. The lowest BCUT2D eigenvalue weighted by Crippen LogP contribution is -2.35. The first-order valence-corrected chi connectivity index (χ1v) is 16.6. The van der Waals surface area contributed by atoms with Crippen LogP contribution in [0, 0.1) is 5.92 Å². The Morgan fingerprint density at radius 1 is 1.02 bits per heavy atom. The predicted octanol–water partition coefficient (Wildman–Crippen LogP) is 7.02. The molecule has 3 aromatic heterocycles. The highest BCUT2D eigenvalue weighted by atomic mass is 32.1. The van der Waals surface area contributed by atoms with Crippen LogP contribution in [0.5, 0.6) is 0 Å². The van der Waals surface area contributed by atoms with Crippen molar-refractivity contribution in [2.24, 2.45) is 13.0 Å². The number of piperidine rings is 1. The molecule has 0 aliphatic carbocycles. The molecule has 7 rings (SSSR count). The molecule has 0 bridgehead atoms. The number of pyridine rings is 1. The smallest absolute Gasteiger partial charge is 0.338 e. The van der Waals surface area contributed by atoms with Gasteiger partial charge in [0.1, 0.15) is 0 Å². The monoisotopic (exact) mass is 656 g/mol. The Bertz CT molecular complexity index is 1990. The number of carboxylic acid groups (broad SMARTS) is 1. The maximum Gasteiger partial charge on any atom is 0.338 e. The summed E-state index contributed by atoms with van der Waals surface area (Å²) in [5, 5.41) is 9.06. The van der Waals surface area contributed by atoms with Gasteiger partial charge in [0, 0.05) is 73.5 Å². The summed E-state index contributed by atoms with van der Waals surface area (Å²) in [5.74, 6) is 0.0302. The van der Waals surface area contributed by atoms with Gasteiger partial charge in [-0.1, -0.05) is 17.4 Å². The standard InChI is InChI=1S/C35H34F2N6O3S/c1-41-30-16-26(8-9-31(30)47-35(41)46)43-12-2-3-22-15-27(28(32(36)37)17-29(22)43)23-5-7-25(38-18-23)6-4-21-10-13-42(14-11-21)34-39-19-24(20-40-34)33(44)45/h5,7-9,15-21,32H,2-4,6,10-14H2,1H3,(H,44,45). The zero-order valence-corrected chi connectivity index (χ0v) is 26.7. The largest absolute Gasteiger partial charge is 0.478 e. The van der Waals surface area contributed by atoms with Gasteiger partial charge in [-0.25, -0.2) is 23.5 Å². The molecule has 47 heavy (non-hydrogen) atoms. The van der Waals surface area contributed by atoms with Gasteiger partial charge in [0.25, 0.3) is 6.43 Å². The molecule has 5 heterocycles. The molecule has 2 aromatic carbocycles. The number of anilines is 3. The first kappa shape index (κ1) is 30.9. The van der Waals surface area contributed by atoms with Crippen LogP contribution in [0.2, 0.25) is 0 Å². The molecular formula is C35H34F2N6O3S. The van der Waals surface area contributed by atoms with Crippen LogP contribution in [0.1, 0.15) is 59.3 Å². The van der Waals surface area contributed by atoms with E-state index in [0.717, 1.165) is 84.5 Å². The van der Waals surface area contributed by atoms with Crippen LogP contribution in [0.3, 0.4) is 0 Å². The number of benzene rings is 2. The summed E-state index contributed by atoms with van der Waals surface area (Å²) < 4.78 is 31.6. The average Bonchev–Trinajstić information content (AvgIpc) is 3.38. The number of carboxylic acids is 1. The molecule has 0 spiro atoms. The number of alkyl halides is 2. The second-order valence-electron chi connectivity index (χ2n) is 12.3. The van der Waals surface area contributed by atoms with Gasteiger partial charge in [0.05, 0.1) is 15.8 Å². The third-order valence-corrected chi connectivity index (χ3v) is 10.4. The van der Waals surface area contributed by atoms with Crippen LogP contribution in [-0.2, 0) is 19.9 Å². The summed E-state index contributed by atoms with van der Waals surface area (Å²) in [6, 6.07) is 13.3. The normalized spacial score (nSPS) is 15.4. The Kier molecular flexibility index (Phi) is 8.44. The molecule has 0 radical (unpaired) electrons. The fourth-order valence-corrected chi connectivity index (χ4v) is 7.59. The lowest BCUT2D eigenvalue weighted by atomic mass is 9.91. The molecule has 242 valence electrons. The van der Waals surface area contributed by atoms with Crippen molar-refractivity contribution in [2.45, 2.75) is 45.0 Å². The van der Waals surface area contributed by atoms with Crippen molar-refractivity contribution >= 4 is 44.8 Å². The van der Waals surface area contributed by atoms with E-state index in [2.05, 4.69) is 24.8 Å². The number of halogens is 2. The first-order valence-electron chi connectivity index (χ1n) is 15.8. The van der Waals surface area contributed by atoms with E-state index in [1.54, 1.807) is 23.9 Å². The summed E-state index contributed by atoms with van der Waals surface area (Å²) in [6.45, 7) is 2.32.